The average molecular weight is 316 g/mol. The Morgan fingerprint density at radius 2 is 1.87 bits per heavy atom. The number of ether oxygens (including phenoxy) is 3. The number of carbonyl (C=O) groups is 1. The SMILES string of the molecule is N#Cc1ccc(OCC(=O)N2CCC(C3OCCO3)CC2)cc1. The van der Waals surface area contributed by atoms with Crippen molar-refractivity contribution in [1.82, 2.24) is 4.90 Å². The highest BCUT2D eigenvalue weighted by atomic mass is 16.7. The van der Waals surface area contributed by atoms with Crippen molar-refractivity contribution in [3.05, 3.63) is 29.8 Å². The van der Waals surface area contributed by atoms with Crippen LogP contribution in [0.25, 0.3) is 0 Å². The van der Waals surface area contributed by atoms with Crippen LogP contribution in [-0.4, -0.2) is 50.0 Å². The second-order valence-electron chi connectivity index (χ2n) is 5.75. The van der Waals surface area contributed by atoms with E-state index in [9.17, 15) is 4.79 Å². The number of carbonyl (C=O) groups excluding carboxylic acids is 1. The normalized spacial score (nSPS) is 19.5. The highest BCUT2D eigenvalue weighted by Crippen LogP contribution is 2.25. The summed E-state index contributed by atoms with van der Waals surface area (Å²) in [4.78, 5) is 14.0. The summed E-state index contributed by atoms with van der Waals surface area (Å²) in [5.41, 5.74) is 0.571. The molecule has 1 amide bonds. The van der Waals surface area contributed by atoms with E-state index in [0.717, 1.165) is 12.8 Å². The fraction of sp³-hybridized carbons (Fsp3) is 0.529. The first-order chi connectivity index (χ1) is 11.3. The Morgan fingerprint density at radius 3 is 2.48 bits per heavy atom. The van der Waals surface area contributed by atoms with E-state index in [-0.39, 0.29) is 18.8 Å². The van der Waals surface area contributed by atoms with Crippen molar-refractivity contribution in [3.8, 4) is 11.8 Å². The molecule has 0 saturated carbocycles. The van der Waals surface area contributed by atoms with Crippen LogP contribution in [0.2, 0.25) is 0 Å². The first-order valence-corrected chi connectivity index (χ1v) is 7.90. The van der Waals surface area contributed by atoms with Gasteiger partial charge in [-0.05, 0) is 37.1 Å². The molecule has 6 heteroatoms. The quantitative estimate of drug-likeness (QED) is 0.843. The molecule has 1 aromatic rings. The Hall–Kier alpha value is -2.10. The van der Waals surface area contributed by atoms with Crippen LogP contribution in [0.4, 0.5) is 0 Å². The molecule has 0 spiro atoms. The van der Waals surface area contributed by atoms with Crippen LogP contribution in [-0.2, 0) is 14.3 Å². The van der Waals surface area contributed by atoms with Gasteiger partial charge in [0, 0.05) is 19.0 Å². The van der Waals surface area contributed by atoms with Gasteiger partial charge in [-0.2, -0.15) is 5.26 Å². The standard InChI is InChI=1S/C17H20N2O4/c18-11-13-1-3-15(4-2-13)23-12-16(20)19-7-5-14(6-8-19)17-21-9-10-22-17/h1-4,14,17H,5-10,12H2. The minimum absolute atomic E-state index is 0.0129. The Kier molecular flexibility index (Phi) is 5.11. The van der Waals surface area contributed by atoms with Crippen LogP contribution in [0.5, 0.6) is 5.75 Å². The first kappa shape index (κ1) is 15.8. The lowest BCUT2D eigenvalue weighted by atomic mass is 9.96. The molecule has 0 aromatic heterocycles. The molecule has 0 radical (unpaired) electrons. The fourth-order valence-electron chi connectivity index (χ4n) is 2.93. The highest BCUT2D eigenvalue weighted by Gasteiger charge is 2.31. The van der Waals surface area contributed by atoms with Crippen LogP contribution in [0.3, 0.4) is 0 Å². The van der Waals surface area contributed by atoms with E-state index in [2.05, 4.69) is 0 Å². The van der Waals surface area contributed by atoms with Gasteiger partial charge < -0.3 is 19.1 Å². The van der Waals surface area contributed by atoms with Crippen molar-refractivity contribution in [2.75, 3.05) is 32.9 Å². The van der Waals surface area contributed by atoms with Crippen LogP contribution < -0.4 is 4.74 Å². The second-order valence-corrected chi connectivity index (χ2v) is 5.75. The van der Waals surface area contributed by atoms with Crippen LogP contribution >= 0.6 is 0 Å². The summed E-state index contributed by atoms with van der Waals surface area (Å²) in [6, 6.07) is 8.80. The summed E-state index contributed by atoms with van der Waals surface area (Å²) in [5.74, 6) is 0.960. The number of piperidine rings is 1. The Balaban J connectivity index is 1.43. The molecule has 0 aliphatic carbocycles. The molecule has 2 heterocycles. The number of nitriles is 1. The second kappa shape index (κ2) is 7.44. The molecule has 3 rings (SSSR count). The van der Waals surface area contributed by atoms with Gasteiger partial charge in [-0.3, -0.25) is 4.79 Å². The minimum Gasteiger partial charge on any atom is -0.484 e. The van der Waals surface area contributed by atoms with Gasteiger partial charge in [-0.25, -0.2) is 0 Å². The summed E-state index contributed by atoms with van der Waals surface area (Å²) in [6.45, 7) is 2.78. The number of hydrogen-bond acceptors (Lipinski definition) is 5. The summed E-state index contributed by atoms with van der Waals surface area (Å²) in [6.07, 6.45) is 1.70. The zero-order valence-electron chi connectivity index (χ0n) is 12.9. The number of likely N-dealkylation sites (tertiary alicyclic amines) is 1. The Morgan fingerprint density at radius 1 is 1.22 bits per heavy atom. The fourth-order valence-corrected chi connectivity index (χ4v) is 2.93. The Labute approximate surface area is 135 Å². The van der Waals surface area contributed by atoms with Gasteiger partial charge in [0.05, 0.1) is 24.8 Å². The lowest BCUT2D eigenvalue weighted by Crippen LogP contribution is -2.43. The topological polar surface area (TPSA) is 71.8 Å². The largest absolute Gasteiger partial charge is 0.484 e. The number of benzene rings is 1. The van der Waals surface area contributed by atoms with Gasteiger partial charge in [-0.1, -0.05) is 0 Å². The Bertz CT molecular complexity index is 567. The molecule has 122 valence electrons. The van der Waals surface area contributed by atoms with E-state index < -0.39 is 0 Å². The van der Waals surface area contributed by atoms with Gasteiger partial charge in [0.15, 0.2) is 12.9 Å². The number of hydrogen-bond donors (Lipinski definition) is 0. The maximum atomic E-state index is 12.2. The molecule has 23 heavy (non-hydrogen) atoms. The van der Waals surface area contributed by atoms with E-state index in [4.69, 9.17) is 19.5 Å². The summed E-state index contributed by atoms with van der Waals surface area (Å²) in [5, 5.41) is 8.75. The molecular formula is C17H20N2O4. The number of rotatable bonds is 4. The predicted molar refractivity (Wildman–Crippen MR) is 81.6 cm³/mol. The van der Waals surface area contributed by atoms with E-state index in [1.54, 1.807) is 24.3 Å². The molecule has 2 fully saturated rings. The van der Waals surface area contributed by atoms with Crippen molar-refractivity contribution in [2.45, 2.75) is 19.1 Å². The monoisotopic (exact) mass is 316 g/mol. The molecule has 0 bridgehead atoms. The molecule has 6 nitrogen and oxygen atoms in total. The maximum absolute atomic E-state index is 12.2. The third-order valence-electron chi connectivity index (χ3n) is 4.27. The van der Waals surface area contributed by atoms with Gasteiger partial charge in [-0.15, -0.1) is 0 Å². The van der Waals surface area contributed by atoms with E-state index in [1.807, 2.05) is 11.0 Å². The molecule has 2 aliphatic rings. The molecule has 0 unspecified atom stereocenters. The zero-order valence-corrected chi connectivity index (χ0v) is 12.9. The molecule has 2 saturated heterocycles. The van der Waals surface area contributed by atoms with Gasteiger partial charge in [0.25, 0.3) is 5.91 Å². The van der Waals surface area contributed by atoms with Crippen molar-refractivity contribution in [1.29, 1.82) is 5.26 Å². The molecular weight excluding hydrogens is 296 g/mol. The minimum atomic E-state index is -0.0952. The van der Waals surface area contributed by atoms with Crippen LogP contribution in [0, 0.1) is 17.2 Å². The van der Waals surface area contributed by atoms with Crippen LogP contribution in [0.1, 0.15) is 18.4 Å². The van der Waals surface area contributed by atoms with E-state index in [1.165, 1.54) is 0 Å². The number of amides is 1. The third kappa shape index (κ3) is 4.01. The summed E-state index contributed by atoms with van der Waals surface area (Å²) >= 11 is 0. The lowest BCUT2D eigenvalue weighted by Gasteiger charge is -2.33. The van der Waals surface area contributed by atoms with Crippen molar-refractivity contribution in [3.63, 3.8) is 0 Å². The van der Waals surface area contributed by atoms with Gasteiger partial charge in [0.2, 0.25) is 0 Å². The van der Waals surface area contributed by atoms with Crippen LogP contribution in [0.15, 0.2) is 24.3 Å². The van der Waals surface area contributed by atoms with Crippen molar-refractivity contribution >= 4 is 5.91 Å². The third-order valence-corrected chi connectivity index (χ3v) is 4.27. The maximum Gasteiger partial charge on any atom is 0.260 e. The number of nitrogens with zero attached hydrogens (tertiary/aromatic N) is 2. The highest BCUT2D eigenvalue weighted by molar-refractivity contribution is 5.77. The predicted octanol–water partition coefficient (Wildman–Crippen LogP) is 1.55. The smallest absolute Gasteiger partial charge is 0.260 e. The molecule has 0 N–H and O–H groups in total. The molecule has 2 aliphatic heterocycles. The van der Waals surface area contributed by atoms with Gasteiger partial charge >= 0.3 is 0 Å². The summed E-state index contributed by atoms with van der Waals surface area (Å²) in [7, 11) is 0. The van der Waals surface area contributed by atoms with Crippen molar-refractivity contribution < 1.29 is 19.0 Å². The molecule has 0 atom stereocenters. The lowest BCUT2D eigenvalue weighted by molar-refractivity contribution is -0.138. The zero-order chi connectivity index (χ0) is 16.1. The molecule has 1 aromatic carbocycles. The van der Waals surface area contributed by atoms with Gasteiger partial charge in [0.1, 0.15) is 5.75 Å². The van der Waals surface area contributed by atoms with E-state index in [0.29, 0.717) is 43.5 Å². The average Bonchev–Trinajstić information content (AvgIpc) is 3.15. The van der Waals surface area contributed by atoms with Crippen molar-refractivity contribution in [2.24, 2.45) is 5.92 Å². The summed E-state index contributed by atoms with van der Waals surface area (Å²) < 4.78 is 16.6. The first-order valence-electron chi connectivity index (χ1n) is 7.90. The van der Waals surface area contributed by atoms with E-state index >= 15 is 0 Å².